The number of carbonyl (C=O) groups is 1. The van der Waals surface area contributed by atoms with Gasteiger partial charge in [0.25, 0.3) is 0 Å². The Kier molecular flexibility index (Phi) is 6.03. The molecule has 0 radical (unpaired) electrons. The predicted octanol–water partition coefficient (Wildman–Crippen LogP) is 2.31. The summed E-state index contributed by atoms with van der Waals surface area (Å²) >= 11 is 6.07. The maximum absolute atomic E-state index is 11.3. The number of nitrogens with zero attached hydrogens (tertiary/aromatic N) is 1. The van der Waals surface area contributed by atoms with Crippen LogP contribution in [-0.4, -0.2) is 19.6 Å². The van der Waals surface area contributed by atoms with Crippen LogP contribution in [0.1, 0.15) is 18.4 Å². The van der Waals surface area contributed by atoms with Crippen LogP contribution in [0.4, 0.5) is 0 Å². The molecular weight excluding hydrogens is 252 g/mol. The lowest BCUT2D eigenvalue weighted by molar-refractivity contribution is -0.120. The molecule has 5 heteroatoms. The molecule has 0 atom stereocenters. The summed E-state index contributed by atoms with van der Waals surface area (Å²) in [6.07, 6.45) is 1.14. The molecule has 0 fully saturated rings. The summed E-state index contributed by atoms with van der Waals surface area (Å²) in [5, 5.41) is 11.7. The maximum atomic E-state index is 11.3. The lowest BCUT2D eigenvalue weighted by Gasteiger charge is -2.07. The molecule has 96 valence electrons. The molecule has 0 spiro atoms. The maximum Gasteiger partial charge on any atom is 0.221 e. The van der Waals surface area contributed by atoms with Crippen molar-refractivity contribution in [2.45, 2.75) is 19.3 Å². The summed E-state index contributed by atoms with van der Waals surface area (Å²) in [5.74, 6) is 0.600. The summed E-state index contributed by atoms with van der Waals surface area (Å²) in [6, 6.07) is 7.39. The van der Waals surface area contributed by atoms with Crippen LogP contribution in [0.2, 0.25) is 5.02 Å². The molecule has 0 bridgehead atoms. The highest BCUT2D eigenvalue weighted by Crippen LogP contribution is 2.22. The van der Waals surface area contributed by atoms with Crippen LogP contribution in [0, 0.1) is 11.3 Å². The average Bonchev–Trinajstić information content (AvgIpc) is 2.38. The SMILES string of the molecule is COc1ccc(CCNC(=O)CCC#N)c(Cl)c1. The van der Waals surface area contributed by atoms with Gasteiger partial charge in [-0.3, -0.25) is 4.79 Å². The number of hydrogen-bond donors (Lipinski definition) is 1. The normalized spacial score (nSPS) is 9.61. The fraction of sp³-hybridized carbons (Fsp3) is 0.385. The minimum Gasteiger partial charge on any atom is -0.497 e. The van der Waals surface area contributed by atoms with E-state index in [9.17, 15) is 4.79 Å². The van der Waals surface area contributed by atoms with E-state index in [1.165, 1.54) is 0 Å². The van der Waals surface area contributed by atoms with Gasteiger partial charge in [-0.15, -0.1) is 0 Å². The Bertz CT molecular complexity index is 455. The quantitative estimate of drug-likeness (QED) is 0.859. The van der Waals surface area contributed by atoms with Crippen LogP contribution in [0.15, 0.2) is 18.2 Å². The zero-order valence-electron chi connectivity index (χ0n) is 10.2. The van der Waals surface area contributed by atoms with E-state index in [2.05, 4.69) is 5.32 Å². The number of nitrogens with one attached hydrogen (secondary N) is 1. The number of rotatable bonds is 6. The molecule has 4 nitrogen and oxygen atoms in total. The number of amides is 1. The molecule has 0 unspecified atom stereocenters. The van der Waals surface area contributed by atoms with E-state index in [0.717, 1.165) is 5.56 Å². The van der Waals surface area contributed by atoms with Crippen LogP contribution in [-0.2, 0) is 11.2 Å². The molecule has 1 rings (SSSR count). The van der Waals surface area contributed by atoms with Crippen molar-refractivity contribution in [3.05, 3.63) is 28.8 Å². The average molecular weight is 267 g/mol. The van der Waals surface area contributed by atoms with E-state index in [1.54, 1.807) is 13.2 Å². The van der Waals surface area contributed by atoms with Crippen molar-refractivity contribution in [2.75, 3.05) is 13.7 Å². The first kappa shape index (κ1) is 14.3. The first-order valence-corrected chi connectivity index (χ1v) is 6.01. The van der Waals surface area contributed by atoms with Gasteiger partial charge in [-0.25, -0.2) is 0 Å². The highest BCUT2D eigenvalue weighted by molar-refractivity contribution is 6.31. The topological polar surface area (TPSA) is 62.1 Å². The third-order valence-electron chi connectivity index (χ3n) is 2.44. The number of hydrogen-bond acceptors (Lipinski definition) is 3. The van der Waals surface area contributed by atoms with E-state index in [1.807, 2.05) is 18.2 Å². The van der Waals surface area contributed by atoms with Crippen LogP contribution >= 0.6 is 11.6 Å². The Balaban J connectivity index is 2.40. The highest BCUT2D eigenvalue weighted by atomic mass is 35.5. The predicted molar refractivity (Wildman–Crippen MR) is 69.6 cm³/mol. The van der Waals surface area contributed by atoms with Crippen LogP contribution in [0.3, 0.4) is 0 Å². The van der Waals surface area contributed by atoms with E-state index < -0.39 is 0 Å². The molecule has 0 aliphatic heterocycles. The fourth-order valence-electron chi connectivity index (χ4n) is 1.45. The van der Waals surface area contributed by atoms with Crippen LogP contribution in [0.5, 0.6) is 5.75 Å². The smallest absolute Gasteiger partial charge is 0.221 e. The number of benzene rings is 1. The summed E-state index contributed by atoms with van der Waals surface area (Å²) in [5.41, 5.74) is 0.957. The molecule has 0 heterocycles. The van der Waals surface area contributed by atoms with Gasteiger partial charge in [-0.2, -0.15) is 5.26 Å². The molecule has 0 aliphatic rings. The third kappa shape index (κ3) is 4.64. The fourth-order valence-corrected chi connectivity index (χ4v) is 1.72. The van der Waals surface area contributed by atoms with Gasteiger partial charge in [0.15, 0.2) is 0 Å². The second-order valence-electron chi connectivity index (χ2n) is 3.72. The molecule has 0 saturated heterocycles. The monoisotopic (exact) mass is 266 g/mol. The lowest BCUT2D eigenvalue weighted by Crippen LogP contribution is -2.25. The first-order valence-electron chi connectivity index (χ1n) is 5.63. The number of carbonyl (C=O) groups excluding carboxylic acids is 1. The molecule has 0 saturated carbocycles. The Morgan fingerprint density at radius 1 is 1.56 bits per heavy atom. The number of nitriles is 1. The largest absolute Gasteiger partial charge is 0.497 e. The molecule has 1 aromatic carbocycles. The van der Waals surface area contributed by atoms with Crippen molar-refractivity contribution >= 4 is 17.5 Å². The Morgan fingerprint density at radius 3 is 2.94 bits per heavy atom. The lowest BCUT2D eigenvalue weighted by atomic mass is 10.1. The standard InChI is InChI=1S/C13H15ClN2O2/c1-18-11-5-4-10(12(14)9-11)6-8-16-13(17)3-2-7-15/h4-5,9H,2-3,6,8H2,1H3,(H,16,17). The second-order valence-corrected chi connectivity index (χ2v) is 4.12. The minimum absolute atomic E-state index is 0.110. The molecule has 0 aromatic heterocycles. The number of methoxy groups -OCH3 is 1. The van der Waals surface area contributed by atoms with Gasteiger partial charge in [0.05, 0.1) is 13.2 Å². The molecule has 18 heavy (non-hydrogen) atoms. The zero-order valence-corrected chi connectivity index (χ0v) is 11.0. The third-order valence-corrected chi connectivity index (χ3v) is 2.79. The Labute approximate surface area is 112 Å². The van der Waals surface area contributed by atoms with Crippen molar-refractivity contribution in [1.82, 2.24) is 5.32 Å². The van der Waals surface area contributed by atoms with E-state index in [0.29, 0.717) is 23.7 Å². The van der Waals surface area contributed by atoms with Crippen molar-refractivity contribution < 1.29 is 9.53 Å². The minimum atomic E-state index is -0.110. The van der Waals surface area contributed by atoms with E-state index >= 15 is 0 Å². The Morgan fingerprint density at radius 2 is 2.33 bits per heavy atom. The van der Waals surface area contributed by atoms with Gasteiger partial charge in [-0.1, -0.05) is 17.7 Å². The van der Waals surface area contributed by atoms with Gasteiger partial charge >= 0.3 is 0 Å². The van der Waals surface area contributed by atoms with Crippen molar-refractivity contribution in [3.8, 4) is 11.8 Å². The van der Waals surface area contributed by atoms with E-state index in [4.69, 9.17) is 21.6 Å². The van der Waals surface area contributed by atoms with Gasteiger partial charge in [0.1, 0.15) is 5.75 Å². The van der Waals surface area contributed by atoms with Gasteiger partial charge in [0, 0.05) is 24.4 Å². The van der Waals surface area contributed by atoms with Crippen LogP contribution < -0.4 is 10.1 Å². The number of ether oxygens (including phenoxy) is 1. The van der Waals surface area contributed by atoms with Crippen molar-refractivity contribution in [1.29, 1.82) is 5.26 Å². The van der Waals surface area contributed by atoms with Gasteiger partial charge in [-0.05, 0) is 24.1 Å². The summed E-state index contributed by atoms with van der Waals surface area (Å²) in [4.78, 5) is 11.3. The zero-order chi connectivity index (χ0) is 13.4. The van der Waals surface area contributed by atoms with E-state index in [-0.39, 0.29) is 18.7 Å². The summed E-state index contributed by atoms with van der Waals surface area (Å²) in [7, 11) is 1.58. The van der Waals surface area contributed by atoms with Gasteiger partial charge < -0.3 is 10.1 Å². The molecule has 1 N–H and O–H groups in total. The number of halogens is 1. The molecule has 1 aromatic rings. The Hall–Kier alpha value is -1.73. The second kappa shape index (κ2) is 7.57. The van der Waals surface area contributed by atoms with Crippen molar-refractivity contribution in [2.24, 2.45) is 0 Å². The molecule has 0 aliphatic carbocycles. The van der Waals surface area contributed by atoms with Crippen LogP contribution in [0.25, 0.3) is 0 Å². The molecule has 1 amide bonds. The van der Waals surface area contributed by atoms with Crippen molar-refractivity contribution in [3.63, 3.8) is 0 Å². The summed E-state index contributed by atoms with van der Waals surface area (Å²) in [6.45, 7) is 0.510. The highest BCUT2D eigenvalue weighted by Gasteiger charge is 2.04. The summed E-state index contributed by atoms with van der Waals surface area (Å²) < 4.78 is 5.05. The molecular formula is C13H15ClN2O2. The van der Waals surface area contributed by atoms with Gasteiger partial charge in [0.2, 0.25) is 5.91 Å². The first-order chi connectivity index (χ1) is 8.67.